The van der Waals surface area contributed by atoms with Crippen molar-refractivity contribution in [2.75, 3.05) is 5.32 Å². The van der Waals surface area contributed by atoms with Crippen molar-refractivity contribution in [1.29, 1.82) is 0 Å². The Balaban J connectivity index is 1.78. The Hall–Kier alpha value is -3.59. The molecule has 0 atom stereocenters. The van der Waals surface area contributed by atoms with E-state index in [0.717, 1.165) is 16.9 Å². The number of amides is 1. The molecule has 7 nitrogen and oxygen atoms in total. The molecular formula is C19H12FN3O4S. The van der Waals surface area contributed by atoms with Crippen LogP contribution in [-0.4, -0.2) is 27.1 Å². The number of hydrogen-bond acceptors (Lipinski definition) is 6. The minimum atomic E-state index is -1.07. The molecule has 0 saturated carbocycles. The van der Waals surface area contributed by atoms with Crippen LogP contribution in [0.4, 0.5) is 15.2 Å². The molecule has 1 aromatic heterocycles. The fraction of sp³-hybridized carbons (Fsp3) is 0.0526. The van der Waals surface area contributed by atoms with Gasteiger partial charge >= 0.3 is 5.97 Å². The second kappa shape index (κ2) is 6.54. The fourth-order valence-corrected chi connectivity index (χ4v) is 3.76. The van der Waals surface area contributed by atoms with Crippen molar-refractivity contribution >= 4 is 39.6 Å². The van der Waals surface area contributed by atoms with E-state index in [9.17, 15) is 19.1 Å². The molecule has 9 heteroatoms. The number of halogens is 1. The number of aryl methyl sites for hydroxylation is 1. The number of rotatable bonds is 4. The summed E-state index contributed by atoms with van der Waals surface area (Å²) in [5.41, 5.74) is 1.44. The summed E-state index contributed by atoms with van der Waals surface area (Å²) in [5.74, 6) is -2.58. The first kappa shape index (κ1) is 17.8. The molecule has 0 saturated heterocycles. The third-order valence-corrected chi connectivity index (χ3v) is 5.20. The second-order valence-electron chi connectivity index (χ2n) is 6.09. The molecule has 3 aromatic rings. The van der Waals surface area contributed by atoms with Crippen molar-refractivity contribution < 1.29 is 24.2 Å². The average molecular weight is 397 g/mol. The number of nitrogens with zero attached hydrogens (tertiary/aromatic N) is 2. The van der Waals surface area contributed by atoms with Gasteiger partial charge in [0.1, 0.15) is 10.7 Å². The van der Waals surface area contributed by atoms with Crippen molar-refractivity contribution in [3.05, 3.63) is 68.8 Å². The maximum absolute atomic E-state index is 13.6. The smallest absolute Gasteiger partial charge is 0.335 e. The van der Waals surface area contributed by atoms with Gasteiger partial charge in [-0.2, -0.15) is 4.98 Å². The number of thiazole rings is 1. The monoisotopic (exact) mass is 397 g/mol. The van der Waals surface area contributed by atoms with E-state index in [1.165, 1.54) is 30.3 Å². The largest absolute Gasteiger partial charge is 0.492 e. The van der Waals surface area contributed by atoms with Gasteiger partial charge in [-0.1, -0.05) is 17.4 Å². The van der Waals surface area contributed by atoms with E-state index in [4.69, 9.17) is 5.11 Å². The van der Waals surface area contributed by atoms with Gasteiger partial charge in [-0.3, -0.25) is 4.79 Å². The maximum Gasteiger partial charge on any atom is 0.335 e. The Labute approximate surface area is 161 Å². The summed E-state index contributed by atoms with van der Waals surface area (Å²) in [5, 5.41) is 23.2. The lowest BCUT2D eigenvalue weighted by Gasteiger charge is -2.07. The zero-order valence-electron chi connectivity index (χ0n) is 14.4. The fourth-order valence-electron chi connectivity index (χ4n) is 2.84. The number of benzene rings is 2. The normalized spacial score (nSPS) is 12.6. The molecule has 2 heterocycles. The number of fused-ring (bicyclic) bond motifs is 1. The van der Waals surface area contributed by atoms with E-state index in [1.807, 2.05) is 0 Å². The van der Waals surface area contributed by atoms with Crippen LogP contribution >= 0.6 is 11.3 Å². The van der Waals surface area contributed by atoms with Crippen LogP contribution in [0, 0.1) is 12.7 Å². The number of aromatic hydroxyl groups is 1. The van der Waals surface area contributed by atoms with Crippen molar-refractivity contribution in [3.8, 4) is 5.88 Å². The molecule has 1 aliphatic rings. The maximum atomic E-state index is 13.6. The predicted octanol–water partition coefficient (Wildman–Crippen LogP) is 2.10. The Morgan fingerprint density at radius 3 is 2.75 bits per heavy atom. The van der Waals surface area contributed by atoms with E-state index < -0.39 is 23.6 Å². The van der Waals surface area contributed by atoms with Crippen LogP contribution in [0.1, 0.15) is 20.8 Å². The van der Waals surface area contributed by atoms with E-state index in [0.29, 0.717) is 16.3 Å². The first-order chi connectivity index (χ1) is 13.3. The minimum Gasteiger partial charge on any atom is -0.492 e. The highest BCUT2D eigenvalue weighted by Crippen LogP contribution is 2.36. The van der Waals surface area contributed by atoms with Gasteiger partial charge in [-0.25, -0.2) is 14.2 Å². The van der Waals surface area contributed by atoms with Crippen molar-refractivity contribution in [2.45, 2.75) is 6.92 Å². The molecule has 0 unspecified atom stereocenters. The molecule has 0 radical (unpaired) electrons. The van der Waals surface area contributed by atoms with E-state index >= 15 is 0 Å². The number of aromatic nitrogens is 1. The third-order valence-electron chi connectivity index (χ3n) is 4.23. The van der Waals surface area contributed by atoms with Gasteiger partial charge in [-0.05, 0) is 42.8 Å². The Bertz CT molecular complexity index is 1280. The molecule has 140 valence electrons. The van der Waals surface area contributed by atoms with Crippen molar-refractivity contribution in [3.63, 3.8) is 0 Å². The lowest BCUT2D eigenvalue weighted by molar-refractivity contribution is -0.112. The van der Waals surface area contributed by atoms with Crippen LogP contribution in [0.15, 0.2) is 41.4 Å². The molecule has 1 aliphatic heterocycles. The average Bonchev–Trinajstić information content (AvgIpc) is 3.14. The molecule has 0 bridgehead atoms. The highest BCUT2D eigenvalue weighted by molar-refractivity contribution is 7.17. The van der Waals surface area contributed by atoms with Gasteiger partial charge in [0.2, 0.25) is 5.88 Å². The van der Waals surface area contributed by atoms with Crippen LogP contribution in [0.3, 0.4) is 0 Å². The van der Waals surface area contributed by atoms with Crippen LogP contribution in [0.2, 0.25) is 0 Å². The van der Waals surface area contributed by atoms with Gasteiger partial charge < -0.3 is 15.5 Å². The highest BCUT2D eigenvalue weighted by Gasteiger charge is 2.25. The lowest BCUT2D eigenvalue weighted by atomic mass is 10.1. The summed E-state index contributed by atoms with van der Waals surface area (Å²) in [6.45, 7) is 1.79. The molecule has 0 spiro atoms. The number of aromatic carboxylic acids is 1. The second-order valence-corrected chi connectivity index (χ2v) is 7.08. The van der Waals surface area contributed by atoms with Gasteiger partial charge in [0.05, 0.1) is 16.5 Å². The third kappa shape index (κ3) is 3.01. The molecule has 1 amide bonds. The van der Waals surface area contributed by atoms with Gasteiger partial charge in [-0.15, -0.1) is 0 Å². The Kier molecular flexibility index (Phi) is 4.16. The quantitative estimate of drug-likeness (QED) is 0.622. The summed E-state index contributed by atoms with van der Waals surface area (Å²) >= 11 is 0.988. The number of nitrogens with one attached hydrogen (secondary N) is 1. The summed E-state index contributed by atoms with van der Waals surface area (Å²) < 4.78 is 13.6. The standard InChI is InChI=1S/C19H12FN3O4S/c1-8-2-3-9(18(26)27)6-13(8)22-19-23-17(25)15(28-19)14-11-7-10(20)4-5-12(11)21-16(14)24/h2-7,25H,1H3,(H,22,23)(H,26,27). The van der Waals surface area contributed by atoms with E-state index in [-0.39, 0.29) is 21.1 Å². The number of carboxylic acids is 1. The van der Waals surface area contributed by atoms with E-state index in [1.54, 1.807) is 13.0 Å². The minimum absolute atomic E-state index is 0.0774. The summed E-state index contributed by atoms with van der Waals surface area (Å²) in [4.78, 5) is 31.5. The Morgan fingerprint density at radius 1 is 1.21 bits per heavy atom. The lowest BCUT2D eigenvalue weighted by Crippen LogP contribution is -2.23. The van der Waals surface area contributed by atoms with Crippen LogP contribution in [0.5, 0.6) is 5.88 Å². The zero-order valence-corrected chi connectivity index (χ0v) is 15.2. The first-order valence-electron chi connectivity index (χ1n) is 8.07. The van der Waals surface area contributed by atoms with E-state index in [2.05, 4.69) is 15.3 Å². The molecule has 4 rings (SSSR count). The summed E-state index contributed by atoms with van der Waals surface area (Å²) in [7, 11) is 0. The number of carboxylic acid groups (broad SMARTS) is 1. The topological polar surface area (TPSA) is 112 Å². The summed E-state index contributed by atoms with van der Waals surface area (Å²) in [6.07, 6.45) is 0. The SMILES string of the molecule is Cc1ccc(C(=O)O)cc1Nc1nc(O)c(C2=c3cc(F)ccc3=NC2=O)s1. The molecule has 2 aromatic carbocycles. The van der Waals surface area contributed by atoms with Crippen molar-refractivity contribution in [1.82, 2.24) is 4.98 Å². The Morgan fingerprint density at radius 2 is 2.00 bits per heavy atom. The molecule has 3 N–H and O–H groups in total. The van der Waals surface area contributed by atoms with Gasteiger partial charge in [0, 0.05) is 10.9 Å². The number of hydrogen-bond donors (Lipinski definition) is 3. The van der Waals surface area contributed by atoms with Gasteiger partial charge in [0.15, 0.2) is 5.13 Å². The van der Waals surface area contributed by atoms with Crippen LogP contribution in [0.25, 0.3) is 5.57 Å². The van der Waals surface area contributed by atoms with Crippen LogP contribution < -0.4 is 15.9 Å². The first-order valence-corrected chi connectivity index (χ1v) is 8.89. The molecule has 28 heavy (non-hydrogen) atoms. The molecule has 0 aliphatic carbocycles. The number of carbonyl (C=O) groups is 2. The van der Waals surface area contributed by atoms with Crippen LogP contribution in [-0.2, 0) is 4.79 Å². The molecular weight excluding hydrogens is 385 g/mol. The summed E-state index contributed by atoms with van der Waals surface area (Å²) in [6, 6.07) is 8.36. The zero-order chi connectivity index (χ0) is 20.0. The van der Waals surface area contributed by atoms with Gasteiger partial charge in [0.25, 0.3) is 5.91 Å². The molecule has 0 fully saturated rings. The number of carbonyl (C=O) groups excluding carboxylic acids is 1. The predicted molar refractivity (Wildman–Crippen MR) is 99.9 cm³/mol. The number of anilines is 2. The van der Waals surface area contributed by atoms with Crippen molar-refractivity contribution in [2.24, 2.45) is 4.99 Å². The highest BCUT2D eigenvalue weighted by atomic mass is 32.1.